The van der Waals surface area contributed by atoms with E-state index < -0.39 is 0 Å². The Hall–Kier alpha value is -2.24. The number of nitrogens with zero attached hydrogens (tertiary/aromatic N) is 3. The van der Waals surface area contributed by atoms with E-state index >= 15 is 0 Å². The summed E-state index contributed by atoms with van der Waals surface area (Å²) in [6.07, 6.45) is 0.0918. The average molecular weight is 278 g/mol. The topological polar surface area (TPSA) is 77.1 Å². The van der Waals surface area contributed by atoms with Crippen molar-refractivity contribution in [2.75, 3.05) is 19.7 Å². The van der Waals surface area contributed by atoms with Crippen molar-refractivity contribution >= 4 is 17.5 Å². The highest BCUT2D eigenvalue weighted by molar-refractivity contribution is 6.32. The lowest BCUT2D eigenvalue weighted by Crippen LogP contribution is -2.32. The van der Waals surface area contributed by atoms with E-state index in [1.165, 1.54) is 4.90 Å². The van der Waals surface area contributed by atoms with Gasteiger partial charge in [-0.15, -0.1) is 0 Å². The first-order chi connectivity index (χ1) is 9.19. The van der Waals surface area contributed by atoms with Crippen LogP contribution < -0.4 is 4.74 Å². The van der Waals surface area contributed by atoms with E-state index in [0.717, 1.165) is 0 Å². The molecule has 19 heavy (non-hydrogen) atoms. The Kier molecular flexibility index (Phi) is 6.21. The molecule has 0 bridgehead atoms. The van der Waals surface area contributed by atoms with Gasteiger partial charge in [0, 0.05) is 0 Å². The van der Waals surface area contributed by atoms with Gasteiger partial charge >= 0.3 is 0 Å². The molecule has 5 nitrogen and oxygen atoms in total. The van der Waals surface area contributed by atoms with Gasteiger partial charge in [0.25, 0.3) is 0 Å². The Morgan fingerprint density at radius 1 is 1.26 bits per heavy atom. The average Bonchev–Trinajstić information content (AvgIpc) is 2.40. The predicted molar refractivity (Wildman–Crippen MR) is 69.4 cm³/mol. The molecule has 0 spiro atoms. The Morgan fingerprint density at radius 3 is 2.47 bits per heavy atom. The summed E-state index contributed by atoms with van der Waals surface area (Å²) < 4.78 is 5.37. The van der Waals surface area contributed by atoms with Gasteiger partial charge in [0.2, 0.25) is 5.91 Å². The highest BCUT2D eigenvalue weighted by Gasteiger charge is 2.12. The third kappa shape index (κ3) is 4.87. The molecule has 0 unspecified atom stereocenters. The zero-order valence-corrected chi connectivity index (χ0v) is 10.9. The molecule has 1 aromatic carbocycles. The van der Waals surface area contributed by atoms with Crippen LogP contribution in [0.5, 0.6) is 5.75 Å². The third-order valence-corrected chi connectivity index (χ3v) is 2.60. The first kappa shape index (κ1) is 14.8. The van der Waals surface area contributed by atoms with Crippen LogP contribution in [0.3, 0.4) is 0 Å². The first-order valence-corrected chi connectivity index (χ1v) is 5.96. The van der Waals surface area contributed by atoms with Crippen LogP contribution in [-0.4, -0.2) is 30.5 Å². The maximum Gasteiger partial charge on any atom is 0.227 e. The summed E-state index contributed by atoms with van der Waals surface area (Å²) in [5.74, 6) is 0.208. The number of ether oxygens (including phenoxy) is 1. The maximum atomic E-state index is 11.7. The molecule has 1 aromatic rings. The highest BCUT2D eigenvalue weighted by atomic mass is 35.5. The van der Waals surface area contributed by atoms with Crippen LogP contribution in [0, 0.1) is 22.7 Å². The molecule has 0 saturated heterocycles. The first-order valence-electron chi connectivity index (χ1n) is 5.58. The fraction of sp³-hybridized carbons (Fsp3) is 0.308. The van der Waals surface area contributed by atoms with Crippen LogP contribution in [-0.2, 0) is 4.79 Å². The standard InChI is InChI=1S/C13H12ClN3O2/c14-11-3-1-2-4-12(11)19-10-5-13(18)17(8-6-15)9-7-16/h1-4H,5,8-10H2. The van der Waals surface area contributed by atoms with Gasteiger partial charge in [0.05, 0.1) is 30.2 Å². The molecule has 0 aliphatic rings. The lowest BCUT2D eigenvalue weighted by Gasteiger charge is -2.15. The summed E-state index contributed by atoms with van der Waals surface area (Å²) in [7, 11) is 0. The van der Waals surface area contributed by atoms with Gasteiger partial charge < -0.3 is 9.64 Å². The SMILES string of the molecule is N#CCN(CC#N)C(=O)CCOc1ccccc1Cl. The van der Waals surface area contributed by atoms with Crippen LogP contribution in [0.25, 0.3) is 0 Å². The normalized spacial score (nSPS) is 9.21. The van der Waals surface area contributed by atoms with Crippen molar-refractivity contribution in [3.8, 4) is 17.9 Å². The van der Waals surface area contributed by atoms with E-state index in [2.05, 4.69) is 0 Å². The predicted octanol–water partition coefficient (Wildman–Crippen LogP) is 1.98. The fourth-order valence-electron chi connectivity index (χ4n) is 1.37. The zero-order valence-electron chi connectivity index (χ0n) is 10.2. The minimum Gasteiger partial charge on any atom is -0.491 e. The molecule has 0 fully saturated rings. The number of hydrogen-bond acceptors (Lipinski definition) is 4. The Labute approximate surface area is 116 Å². The minimum atomic E-state index is -0.296. The molecular weight excluding hydrogens is 266 g/mol. The van der Waals surface area contributed by atoms with Gasteiger partial charge in [-0.3, -0.25) is 4.79 Å². The van der Waals surface area contributed by atoms with E-state index in [9.17, 15) is 4.79 Å². The van der Waals surface area contributed by atoms with Gasteiger partial charge in [-0.25, -0.2) is 0 Å². The van der Waals surface area contributed by atoms with Gasteiger partial charge in [-0.2, -0.15) is 10.5 Å². The van der Waals surface area contributed by atoms with Crippen LogP contribution in [0.2, 0.25) is 5.02 Å². The summed E-state index contributed by atoms with van der Waals surface area (Å²) in [4.78, 5) is 12.9. The summed E-state index contributed by atoms with van der Waals surface area (Å²) >= 11 is 5.90. The van der Waals surface area contributed by atoms with Crippen LogP contribution in [0.1, 0.15) is 6.42 Å². The minimum absolute atomic E-state index is 0.0918. The van der Waals surface area contributed by atoms with Crippen LogP contribution in [0.15, 0.2) is 24.3 Å². The van der Waals surface area contributed by atoms with Gasteiger partial charge in [-0.05, 0) is 12.1 Å². The molecule has 0 aliphatic carbocycles. The van der Waals surface area contributed by atoms with E-state index in [1.807, 2.05) is 12.1 Å². The third-order valence-electron chi connectivity index (χ3n) is 2.29. The molecule has 0 radical (unpaired) electrons. The molecule has 1 rings (SSSR count). The molecule has 6 heteroatoms. The molecular formula is C13H12ClN3O2. The van der Waals surface area contributed by atoms with Crippen LogP contribution >= 0.6 is 11.6 Å². The van der Waals surface area contributed by atoms with Crippen molar-refractivity contribution < 1.29 is 9.53 Å². The second-order valence-electron chi connectivity index (χ2n) is 3.59. The van der Waals surface area contributed by atoms with Crippen molar-refractivity contribution in [1.82, 2.24) is 4.90 Å². The fourth-order valence-corrected chi connectivity index (χ4v) is 1.56. The molecule has 98 valence electrons. The number of hydrogen-bond donors (Lipinski definition) is 0. The summed E-state index contributed by atoms with van der Waals surface area (Å²) in [6.45, 7) is -0.0487. The van der Waals surface area contributed by atoms with E-state index in [4.69, 9.17) is 26.9 Å². The Bertz CT molecular complexity index is 503. The second-order valence-corrected chi connectivity index (χ2v) is 4.00. The molecule has 0 aliphatic heterocycles. The lowest BCUT2D eigenvalue weighted by atomic mass is 10.3. The van der Waals surface area contributed by atoms with Crippen molar-refractivity contribution in [2.45, 2.75) is 6.42 Å². The smallest absolute Gasteiger partial charge is 0.227 e. The molecule has 0 heterocycles. The summed E-state index contributed by atoms with van der Waals surface area (Å²) in [5, 5.41) is 17.6. The highest BCUT2D eigenvalue weighted by Crippen LogP contribution is 2.23. The van der Waals surface area contributed by atoms with E-state index in [-0.39, 0.29) is 32.0 Å². The lowest BCUT2D eigenvalue weighted by molar-refractivity contribution is -0.130. The van der Waals surface area contributed by atoms with Gasteiger partial charge in [0.1, 0.15) is 18.8 Å². The Balaban J connectivity index is 2.44. The van der Waals surface area contributed by atoms with E-state index in [1.54, 1.807) is 24.3 Å². The molecule has 1 amide bonds. The van der Waals surface area contributed by atoms with Crippen molar-refractivity contribution in [3.63, 3.8) is 0 Å². The molecule has 0 atom stereocenters. The van der Waals surface area contributed by atoms with Crippen molar-refractivity contribution in [1.29, 1.82) is 10.5 Å². The number of rotatable bonds is 6. The van der Waals surface area contributed by atoms with E-state index in [0.29, 0.717) is 10.8 Å². The second kappa shape index (κ2) is 7.97. The van der Waals surface area contributed by atoms with Crippen molar-refractivity contribution in [2.24, 2.45) is 0 Å². The van der Waals surface area contributed by atoms with Gasteiger partial charge in [0.15, 0.2) is 0 Å². The molecule has 0 N–H and O–H groups in total. The Morgan fingerprint density at radius 2 is 1.89 bits per heavy atom. The molecule has 0 aromatic heterocycles. The number of benzene rings is 1. The monoisotopic (exact) mass is 277 g/mol. The summed E-state index contributed by atoms with van der Waals surface area (Å²) in [6, 6.07) is 10.6. The summed E-state index contributed by atoms with van der Waals surface area (Å²) in [5.41, 5.74) is 0. The largest absolute Gasteiger partial charge is 0.491 e. The maximum absolute atomic E-state index is 11.7. The number of carbonyl (C=O) groups excluding carboxylic acids is 1. The van der Waals surface area contributed by atoms with Crippen LogP contribution in [0.4, 0.5) is 0 Å². The quantitative estimate of drug-likeness (QED) is 0.745. The zero-order chi connectivity index (χ0) is 14.1. The van der Waals surface area contributed by atoms with Crippen molar-refractivity contribution in [3.05, 3.63) is 29.3 Å². The molecule has 0 saturated carbocycles. The number of para-hydroxylation sites is 1. The number of carbonyl (C=O) groups is 1. The number of nitriles is 2. The van der Waals surface area contributed by atoms with Gasteiger partial charge in [-0.1, -0.05) is 23.7 Å². The number of amides is 1. The number of halogens is 1.